The van der Waals surface area contributed by atoms with Gasteiger partial charge in [0, 0.05) is 34.1 Å². The van der Waals surface area contributed by atoms with E-state index in [9.17, 15) is 14.4 Å². The van der Waals surface area contributed by atoms with Gasteiger partial charge in [-0.3, -0.25) is 0 Å². The molecular weight excluding hydrogens is 402 g/mol. The Morgan fingerprint density at radius 3 is 2.57 bits per heavy atom. The molecule has 0 amide bonds. The summed E-state index contributed by atoms with van der Waals surface area (Å²) in [5.41, 5.74) is 2.11. The molecule has 3 aromatic rings. The van der Waals surface area contributed by atoms with E-state index in [1.54, 1.807) is 55.6 Å². The molecule has 2 aromatic carbocycles. The van der Waals surface area contributed by atoms with Crippen molar-refractivity contribution in [3.05, 3.63) is 54.7 Å². The molecule has 0 bridgehead atoms. The van der Waals surface area contributed by atoms with Crippen LogP contribution in [0.4, 0.5) is 17.5 Å². The quantitative estimate of drug-likeness (QED) is 0.369. The highest BCUT2D eigenvalue weighted by molar-refractivity contribution is 7.92. The molecular formula is C21H25N5O3S. The number of rotatable bonds is 8. The lowest BCUT2D eigenvalue weighted by Crippen LogP contribution is -2.21. The average molecular weight is 428 g/mol. The molecule has 0 aliphatic carbocycles. The van der Waals surface area contributed by atoms with Crippen molar-refractivity contribution >= 4 is 27.2 Å². The van der Waals surface area contributed by atoms with Crippen LogP contribution in [-0.4, -0.2) is 42.8 Å². The summed E-state index contributed by atoms with van der Waals surface area (Å²) < 4.78 is 20.0. The minimum absolute atomic E-state index is 0.0719. The molecule has 0 spiro atoms. The smallest absolute Gasteiger partial charge is 0.229 e. The number of anilines is 3. The van der Waals surface area contributed by atoms with Gasteiger partial charge in [-0.2, -0.15) is 4.98 Å². The van der Waals surface area contributed by atoms with E-state index in [0.29, 0.717) is 27.9 Å². The molecule has 1 heterocycles. The van der Waals surface area contributed by atoms with E-state index in [-0.39, 0.29) is 24.2 Å². The van der Waals surface area contributed by atoms with Gasteiger partial charge in [-0.05, 0) is 48.9 Å². The Kier molecular flexibility index (Phi) is 6.53. The van der Waals surface area contributed by atoms with Crippen LogP contribution in [0.15, 0.2) is 59.6 Å². The molecule has 9 heteroatoms. The molecule has 3 rings (SSSR count). The van der Waals surface area contributed by atoms with Gasteiger partial charge in [0.2, 0.25) is 5.95 Å². The molecule has 2 atom stereocenters. The first-order valence-corrected chi connectivity index (χ1v) is 11.2. The van der Waals surface area contributed by atoms with Gasteiger partial charge < -0.3 is 20.8 Å². The summed E-state index contributed by atoms with van der Waals surface area (Å²) in [6, 6.07) is 13.3. The van der Waals surface area contributed by atoms with Crippen molar-refractivity contribution in [2.75, 3.05) is 23.0 Å². The third-order valence-electron chi connectivity index (χ3n) is 4.50. The van der Waals surface area contributed by atoms with Gasteiger partial charge in [0.1, 0.15) is 11.6 Å². The Hall–Kier alpha value is -3.17. The third-order valence-corrected chi connectivity index (χ3v) is 6.35. The summed E-state index contributed by atoms with van der Waals surface area (Å²) in [4.78, 5) is 9.37. The van der Waals surface area contributed by atoms with E-state index in [4.69, 9.17) is 4.78 Å². The van der Waals surface area contributed by atoms with Crippen molar-refractivity contribution < 1.29 is 14.4 Å². The van der Waals surface area contributed by atoms with Gasteiger partial charge in [0.25, 0.3) is 0 Å². The van der Waals surface area contributed by atoms with Crippen LogP contribution >= 0.6 is 0 Å². The van der Waals surface area contributed by atoms with Crippen molar-refractivity contribution in [3.8, 4) is 16.9 Å². The molecule has 0 aliphatic heterocycles. The number of hydrogen-bond acceptors (Lipinski definition) is 8. The maximum atomic E-state index is 12.2. The van der Waals surface area contributed by atoms with Crippen molar-refractivity contribution in [2.45, 2.75) is 24.8 Å². The number of aromatic nitrogens is 2. The molecule has 5 N–H and O–H groups in total. The molecule has 0 saturated carbocycles. The number of nitrogens with one attached hydrogen (secondary N) is 3. The van der Waals surface area contributed by atoms with Crippen LogP contribution in [0.3, 0.4) is 0 Å². The van der Waals surface area contributed by atoms with Gasteiger partial charge in [-0.15, -0.1) is 0 Å². The number of aromatic hydroxyl groups is 1. The zero-order valence-corrected chi connectivity index (χ0v) is 17.6. The van der Waals surface area contributed by atoms with Crippen LogP contribution in [0.1, 0.15) is 13.8 Å². The minimum atomic E-state index is -2.76. The van der Waals surface area contributed by atoms with Gasteiger partial charge >= 0.3 is 0 Å². The Labute approximate surface area is 176 Å². The fraction of sp³-hybridized carbons (Fsp3) is 0.238. The highest BCUT2D eigenvalue weighted by atomic mass is 32.2. The van der Waals surface area contributed by atoms with Crippen LogP contribution in [0.5, 0.6) is 5.75 Å². The Bertz CT molecular complexity index is 1120. The fourth-order valence-corrected chi connectivity index (χ4v) is 3.68. The number of aliphatic hydroxyl groups is 1. The van der Waals surface area contributed by atoms with E-state index < -0.39 is 9.73 Å². The van der Waals surface area contributed by atoms with E-state index >= 15 is 0 Å². The maximum Gasteiger partial charge on any atom is 0.229 e. The Morgan fingerprint density at radius 1 is 1.20 bits per heavy atom. The number of phenols is 1. The number of hydrogen-bond donors (Lipinski definition) is 5. The molecule has 0 saturated heterocycles. The lowest BCUT2D eigenvalue weighted by Gasteiger charge is -2.17. The lowest BCUT2D eigenvalue weighted by atomic mass is 10.1. The second kappa shape index (κ2) is 9.10. The highest BCUT2D eigenvalue weighted by Crippen LogP contribution is 2.30. The molecule has 30 heavy (non-hydrogen) atoms. The predicted molar refractivity (Wildman–Crippen MR) is 119 cm³/mol. The summed E-state index contributed by atoms with van der Waals surface area (Å²) in [6.45, 7) is 3.48. The normalized spacial score (nSPS) is 14.0. The van der Waals surface area contributed by atoms with Crippen LogP contribution in [-0.2, 0) is 9.73 Å². The summed E-state index contributed by atoms with van der Waals surface area (Å²) in [5.74, 6) is 1.24. The molecule has 8 nitrogen and oxygen atoms in total. The van der Waals surface area contributed by atoms with Gasteiger partial charge in [-0.25, -0.2) is 14.0 Å². The molecule has 1 unspecified atom stereocenters. The highest BCUT2D eigenvalue weighted by Gasteiger charge is 2.13. The van der Waals surface area contributed by atoms with E-state index in [1.807, 2.05) is 13.0 Å². The molecule has 0 radical (unpaired) electrons. The zero-order valence-electron chi connectivity index (χ0n) is 16.8. The van der Waals surface area contributed by atoms with Gasteiger partial charge in [-0.1, -0.05) is 19.1 Å². The van der Waals surface area contributed by atoms with E-state index in [1.165, 1.54) is 0 Å². The van der Waals surface area contributed by atoms with Gasteiger partial charge in [0.15, 0.2) is 0 Å². The Balaban J connectivity index is 1.91. The first-order valence-electron chi connectivity index (χ1n) is 9.50. The summed E-state index contributed by atoms with van der Waals surface area (Å²) in [5, 5.41) is 25.5. The van der Waals surface area contributed by atoms with Crippen molar-refractivity contribution in [3.63, 3.8) is 0 Å². The first kappa shape index (κ1) is 21.5. The van der Waals surface area contributed by atoms with Crippen LogP contribution in [0.2, 0.25) is 0 Å². The van der Waals surface area contributed by atoms with E-state index in [0.717, 1.165) is 5.56 Å². The van der Waals surface area contributed by atoms with Crippen LogP contribution in [0, 0.1) is 4.78 Å². The Morgan fingerprint density at radius 2 is 1.93 bits per heavy atom. The van der Waals surface area contributed by atoms with Gasteiger partial charge in [0.05, 0.1) is 16.3 Å². The number of benzene rings is 2. The first-order chi connectivity index (χ1) is 14.3. The monoisotopic (exact) mass is 427 g/mol. The van der Waals surface area contributed by atoms with Crippen LogP contribution in [0.25, 0.3) is 11.1 Å². The molecule has 1 aromatic heterocycles. The SMILES string of the molecule is CCS(=N)(=O)c1ccc(Nc2ncc(-c3cccc(O)c3)c(N[C@H](C)CO)n2)cc1. The maximum absolute atomic E-state index is 12.2. The molecule has 0 fully saturated rings. The molecule has 0 aliphatic rings. The largest absolute Gasteiger partial charge is 0.508 e. The number of phenolic OH excluding ortho intramolecular Hbond substituents is 1. The second-order valence-electron chi connectivity index (χ2n) is 6.85. The zero-order chi connectivity index (χ0) is 21.7. The number of aliphatic hydroxyl groups excluding tert-OH is 1. The standard InChI is InChI=1S/C21H25N5O3S/c1-3-30(22,29)18-9-7-16(8-10-18)25-21-23-12-19(15-5-4-6-17(28)11-15)20(26-21)24-14(2)13-27/h4-12,14,22,27-28H,3,13H2,1-2H3,(H2,23,24,25,26)/t14-,30?/m1/s1. The number of nitrogens with zero attached hydrogens (tertiary/aromatic N) is 2. The fourth-order valence-electron chi connectivity index (χ4n) is 2.77. The lowest BCUT2D eigenvalue weighted by molar-refractivity contribution is 0.281. The van der Waals surface area contributed by atoms with E-state index in [2.05, 4.69) is 20.6 Å². The topological polar surface area (TPSA) is 131 Å². The third kappa shape index (κ3) is 5.05. The van der Waals surface area contributed by atoms with Crippen molar-refractivity contribution in [2.24, 2.45) is 0 Å². The van der Waals surface area contributed by atoms with Crippen LogP contribution < -0.4 is 10.6 Å². The minimum Gasteiger partial charge on any atom is -0.508 e. The second-order valence-corrected chi connectivity index (χ2v) is 9.25. The van der Waals surface area contributed by atoms with Crippen molar-refractivity contribution in [1.82, 2.24) is 9.97 Å². The van der Waals surface area contributed by atoms with Crippen molar-refractivity contribution in [1.29, 1.82) is 4.78 Å². The predicted octanol–water partition coefficient (Wildman–Crippen LogP) is 3.81. The molecule has 158 valence electrons. The summed E-state index contributed by atoms with van der Waals surface area (Å²) in [7, 11) is -2.76. The summed E-state index contributed by atoms with van der Waals surface area (Å²) in [6.07, 6.45) is 1.64. The summed E-state index contributed by atoms with van der Waals surface area (Å²) >= 11 is 0. The average Bonchev–Trinajstić information content (AvgIpc) is 2.74.